The molecule has 5 nitrogen and oxygen atoms in total. The molecule has 0 saturated carbocycles. The molecule has 1 aromatic rings. The van der Waals surface area contributed by atoms with Gasteiger partial charge in [0.2, 0.25) is 5.91 Å². The molecule has 0 fully saturated rings. The quantitative estimate of drug-likeness (QED) is 0.843. The molecule has 1 N–H and O–H groups in total. The third-order valence-electron chi connectivity index (χ3n) is 1.63. The predicted octanol–water partition coefficient (Wildman–Crippen LogP) is 2.30. The van der Waals surface area contributed by atoms with Gasteiger partial charge in [-0.25, -0.2) is 9.78 Å². The van der Waals surface area contributed by atoms with Crippen molar-refractivity contribution in [2.24, 2.45) is 5.41 Å². The zero-order valence-corrected chi connectivity index (χ0v) is 11.2. The van der Waals surface area contributed by atoms with E-state index in [1.807, 2.05) is 20.8 Å². The minimum atomic E-state index is -0.465. The molecule has 94 valence electrons. The largest absolute Gasteiger partial charge is 0.460 e. The summed E-state index contributed by atoms with van der Waals surface area (Å²) < 4.78 is 5.10. The van der Waals surface area contributed by atoms with Crippen LogP contribution in [0.25, 0.3) is 0 Å². The zero-order chi connectivity index (χ0) is 13.1. The Kier molecular flexibility index (Phi) is 4.22. The van der Waals surface area contributed by atoms with Gasteiger partial charge in [-0.3, -0.25) is 4.79 Å². The standard InChI is InChI=1S/C11H16N2O3S/c1-7(14)12-10-13-8(5-17-10)9(15)16-6-11(2,3)4/h5H,6H2,1-4H3,(H,12,13,14). The van der Waals surface area contributed by atoms with Crippen LogP contribution in [-0.2, 0) is 9.53 Å². The number of nitrogens with zero attached hydrogens (tertiary/aromatic N) is 1. The third kappa shape index (κ3) is 4.95. The molecule has 0 bridgehead atoms. The summed E-state index contributed by atoms with van der Waals surface area (Å²) in [6.07, 6.45) is 0. The number of anilines is 1. The maximum Gasteiger partial charge on any atom is 0.357 e. The fourth-order valence-electron chi connectivity index (χ4n) is 0.931. The number of hydrogen-bond donors (Lipinski definition) is 1. The van der Waals surface area contributed by atoms with Gasteiger partial charge >= 0.3 is 5.97 Å². The molecule has 1 rings (SSSR count). The number of carbonyl (C=O) groups excluding carboxylic acids is 2. The first-order valence-corrected chi connectivity index (χ1v) is 6.06. The van der Waals surface area contributed by atoms with E-state index in [1.54, 1.807) is 5.38 Å². The highest BCUT2D eigenvalue weighted by molar-refractivity contribution is 7.14. The van der Waals surface area contributed by atoms with Gasteiger partial charge in [-0.05, 0) is 5.41 Å². The zero-order valence-electron chi connectivity index (χ0n) is 10.4. The lowest BCUT2D eigenvalue weighted by atomic mass is 9.99. The van der Waals surface area contributed by atoms with Crippen LogP contribution in [0.3, 0.4) is 0 Å². The molecule has 0 saturated heterocycles. The SMILES string of the molecule is CC(=O)Nc1nc(C(=O)OCC(C)(C)C)cs1. The predicted molar refractivity (Wildman–Crippen MR) is 66.2 cm³/mol. The molecule has 0 unspecified atom stereocenters. The first-order valence-electron chi connectivity index (χ1n) is 5.18. The van der Waals surface area contributed by atoms with Gasteiger partial charge in [0.05, 0.1) is 6.61 Å². The number of ether oxygens (including phenoxy) is 1. The Labute approximate surface area is 104 Å². The summed E-state index contributed by atoms with van der Waals surface area (Å²) in [4.78, 5) is 26.4. The molecule has 0 spiro atoms. The highest BCUT2D eigenvalue weighted by atomic mass is 32.1. The molecule has 1 amide bonds. The van der Waals surface area contributed by atoms with Gasteiger partial charge in [-0.2, -0.15) is 0 Å². The highest BCUT2D eigenvalue weighted by Gasteiger charge is 2.17. The van der Waals surface area contributed by atoms with Gasteiger partial charge in [0.1, 0.15) is 0 Å². The summed E-state index contributed by atoms with van der Waals surface area (Å²) in [5.74, 6) is -0.679. The molecule has 0 atom stereocenters. The fourth-order valence-corrected chi connectivity index (χ4v) is 1.66. The first kappa shape index (κ1) is 13.6. The van der Waals surface area contributed by atoms with Crippen molar-refractivity contribution in [1.29, 1.82) is 0 Å². The molecule has 0 aliphatic rings. The van der Waals surface area contributed by atoms with Gasteiger partial charge in [0, 0.05) is 12.3 Å². The Morgan fingerprint density at radius 3 is 2.65 bits per heavy atom. The van der Waals surface area contributed by atoms with Gasteiger partial charge in [-0.1, -0.05) is 20.8 Å². The summed E-state index contributed by atoms with van der Waals surface area (Å²) in [6, 6.07) is 0. The van der Waals surface area contributed by atoms with E-state index >= 15 is 0 Å². The normalized spacial score (nSPS) is 11.1. The van der Waals surface area contributed by atoms with E-state index in [9.17, 15) is 9.59 Å². The summed E-state index contributed by atoms with van der Waals surface area (Å²) in [6.45, 7) is 7.65. The molecule has 1 heterocycles. The van der Waals surface area contributed by atoms with E-state index in [0.717, 1.165) is 0 Å². The molecule has 0 aromatic carbocycles. The minimum absolute atomic E-state index is 0.0772. The Balaban J connectivity index is 2.58. The molecule has 0 radical (unpaired) electrons. The van der Waals surface area contributed by atoms with Crippen molar-refractivity contribution in [2.45, 2.75) is 27.7 Å². The van der Waals surface area contributed by atoms with Crippen LogP contribution < -0.4 is 5.32 Å². The lowest BCUT2D eigenvalue weighted by molar-refractivity contribution is -0.114. The number of hydrogen-bond acceptors (Lipinski definition) is 5. The maximum atomic E-state index is 11.6. The van der Waals surface area contributed by atoms with Crippen LogP contribution in [0.15, 0.2) is 5.38 Å². The molecule has 0 aliphatic carbocycles. The Morgan fingerprint density at radius 2 is 2.12 bits per heavy atom. The summed E-state index contributed by atoms with van der Waals surface area (Å²) >= 11 is 1.20. The molecule has 0 aliphatic heterocycles. The number of esters is 1. The van der Waals surface area contributed by atoms with Gasteiger partial charge in [0.25, 0.3) is 0 Å². The highest BCUT2D eigenvalue weighted by Crippen LogP contribution is 2.18. The maximum absolute atomic E-state index is 11.6. The van der Waals surface area contributed by atoms with E-state index in [4.69, 9.17) is 4.74 Å². The lowest BCUT2D eigenvalue weighted by Gasteiger charge is -2.17. The smallest absolute Gasteiger partial charge is 0.357 e. The molecular weight excluding hydrogens is 240 g/mol. The van der Waals surface area contributed by atoms with E-state index in [0.29, 0.717) is 11.7 Å². The summed E-state index contributed by atoms with van der Waals surface area (Å²) in [5.41, 5.74) is 0.148. The molecule has 17 heavy (non-hydrogen) atoms. The average molecular weight is 256 g/mol. The second kappa shape index (κ2) is 5.27. The van der Waals surface area contributed by atoms with Gasteiger partial charge in [0.15, 0.2) is 10.8 Å². The van der Waals surface area contributed by atoms with Crippen molar-refractivity contribution >= 4 is 28.3 Å². The lowest BCUT2D eigenvalue weighted by Crippen LogP contribution is -2.18. The second-order valence-corrected chi connectivity index (χ2v) is 5.71. The Morgan fingerprint density at radius 1 is 1.47 bits per heavy atom. The van der Waals surface area contributed by atoms with Crippen LogP contribution in [0.1, 0.15) is 38.2 Å². The Hall–Kier alpha value is -1.43. The number of nitrogens with one attached hydrogen (secondary N) is 1. The Bertz CT molecular complexity index is 421. The number of carbonyl (C=O) groups is 2. The van der Waals surface area contributed by atoms with Crippen molar-refractivity contribution in [3.05, 3.63) is 11.1 Å². The van der Waals surface area contributed by atoms with Gasteiger partial charge in [-0.15, -0.1) is 11.3 Å². The number of amides is 1. The molecule has 6 heteroatoms. The average Bonchev–Trinajstić information content (AvgIpc) is 2.60. The van der Waals surface area contributed by atoms with Crippen LogP contribution in [0.2, 0.25) is 0 Å². The second-order valence-electron chi connectivity index (χ2n) is 4.86. The monoisotopic (exact) mass is 256 g/mol. The van der Waals surface area contributed by atoms with Crippen molar-refractivity contribution in [3.63, 3.8) is 0 Å². The molecule has 1 aromatic heterocycles. The fraction of sp³-hybridized carbons (Fsp3) is 0.545. The van der Waals surface area contributed by atoms with E-state index in [2.05, 4.69) is 10.3 Å². The summed E-state index contributed by atoms with van der Waals surface area (Å²) in [5, 5.41) is 4.48. The van der Waals surface area contributed by atoms with Crippen molar-refractivity contribution in [1.82, 2.24) is 4.98 Å². The van der Waals surface area contributed by atoms with Crippen LogP contribution in [-0.4, -0.2) is 23.5 Å². The van der Waals surface area contributed by atoms with Crippen molar-refractivity contribution in [2.75, 3.05) is 11.9 Å². The minimum Gasteiger partial charge on any atom is -0.460 e. The number of aromatic nitrogens is 1. The van der Waals surface area contributed by atoms with E-state index < -0.39 is 5.97 Å². The first-order chi connectivity index (χ1) is 7.78. The van der Waals surface area contributed by atoms with Gasteiger partial charge < -0.3 is 10.1 Å². The number of rotatable bonds is 3. The van der Waals surface area contributed by atoms with E-state index in [1.165, 1.54) is 18.3 Å². The topological polar surface area (TPSA) is 68.3 Å². The number of thiazole rings is 1. The van der Waals surface area contributed by atoms with Crippen LogP contribution in [0.5, 0.6) is 0 Å². The van der Waals surface area contributed by atoms with Crippen LogP contribution >= 0.6 is 11.3 Å². The summed E-state index contributed by atoms with van der Waals surface area (Å²) in [7, 11) is 0. The molecular formula is C11H16N2O3S. The van der Waals surface area contributed by atoms with E-state index in [-0.39, 0.29) is 17.0 Å². The van der Waals surface area contributed by atoms with Crippen LogP contribution in [0.4, 0.5) is 5.13 Å². The third-order valence-corrected chi connectivity index (χ3v) is 2.39. The van der Waals surface area contributed by atoms with Crippen LogP contribution in [0, 0.1) is 5.41 Å². The van der Waals surface area contributed by atoms with Crippen molar-refractivity contribution in [3.8, 4) is 0 Å². The van der Waals surface area contributed by atoms with Crippen molar-refractivity contribution < 1.29 is 14.3 Å².